The maximum Gasteiger partial charge on any atom is 0.323 e. The third-order valence-electron chi connectivity index (χ3n) is 3.65. The Hall–Kier alpha value is -3.49. The van der Waals surface area contributed by atoms with E-state index in [2.05, 4.69) is 21.3 Å². The zero-order chi connectivity index (χ0) is 19.8. The first-order valence-corrected chi connectivity index (χ1v) is 9.13. The summed E-state index contributed by atoms with van der Waals surface area (Å²) in [5, 5.41) is 10.8. The van der Waals surface area contributed by atoms with E-state index < -0.39 is 12.1 Å². The van der Waals surface area contributed by atoms with Crippen molar-refractivity contribution in [3.63, 3.8) is 0 Å². The fourth-order valence-electron chi connectivity index (χ4n) is 2.40. The van der Waals surface area contributed by atoms with Gasteiger partial charge in [-0.15, -0.1) is 0 Å². The highest BCUT2D eigenvalue weighted by Crippen LogP contribution is 2.28. The predicted molar refractivity (Wildman–Crippen MR) is 113 cm³/mol. The van der Waals surface area contributed by atoms with E-state index in [4.69, 9.17) is 0 Å². The van der Waals surface area contributed by atoms with Gasteiger partial charge in [0.2, 0.25) is 0 Å². The Morgan fingerprint density at radius 2 is 1.14 bits per heavy atom. The summed E-state index contributed by atoms with van der Waals surface area (Å²) in [6, 6.07) is 22.0. The topological polar surface area (TPSA) is 102 Å². The van der Waals surface area contributed by atoms with Crippen molar-refractivity contribution in [2.24, 2.45) is 0 Å². The van der Waals surface area contributed by atoms with Crippen LogP contribution in [0.5, 0.6) is 0 Å². The lowest BCUT2D eigenvalue weighted by Crippen LogP contribution is -2.21. The van der Waals surface area contributed by atoms with Crippen LogP contribution in [0.15, 0.2) is 83.8 Å². The number of hydrogen-bond donors (Lipinski definition) is 5. The SMILES string of the molecule is O=C(Nc1ccccc1)Nc1ccc(NC(=O)Nc2ccccc2)c(SO)c1. The van der Waals surface area contributed by atoms with Gasteiger partial charge in [-0.3, -0.25) is 0 Å². The molecule has 0 aliphatic rings. The molecule has 7 nitrogen and oxygen atoms in total. The van der Waals surface area contributed by atoms with Gasteiger partial charge in [0.1, 0.15) is 0 Å². The maximum atomic E-state index is 12.1. The van der Waals surface area contributed by atoms with Crippen molar-refractivity contribution in [2.45, 2.75) is 4.90 Å². The average Bonchev–Trinajstić information content (AvgIpc) is 2.70. The lowest BCUT2D eigenvalue weighted by molar-refractivity contribution is 0.261. The van der Waals surface area contributed by atoms with Crippen molar-refractivity contribution < 1.29 is 14.1 Å². The zero-order valence-electron chi connectivity index (χ0n) is 14.7. The minimum atomic E-state index is -0.441. The predicted octanol–water partition coefficient (Wildman–Crippen LogP) is 5.54. The van der Waals surface area contributed by atoms with Gasteiger partial charge in [-0.25, -0.2) is 9.59 Å². The van der Waals surface area contributed by atoms with E-state index in [0.717, 1.165) is 0 Å². The van der Waals surface area contributed by atoms with Crippen molar-refractivity contribution in [1.82, 2.24) is 0 Å². The second kappa shape index (κ2) is 9.45. The van der Waals surface area contributed by atoms with Crippen LogP contribution in [0.2, 0.25) is 0 Å². The number of urea groups is 2. The molecule has 0 spiro atoms. The van der Waals surface area contributed by atoms with Gasteiger partial charge in [-0.2, -0.15) is 0 Å². The molecule has 0 aliphatic heterocycles. The van der Waals surface area contributed by atoms with Crippen molar-refractivity contribution in [3.8, 4) is 0 Å². The highest BCUT2D eigenvalue weighted by Gasteiger charge is 2.10. The molecule has 0 saturated carbocycles. The van der Waals surface area contributed by atoms with Gasteiger partial charge < -0.3 is 25.8 Å². The summed E-state index contributed by atoms with van der Waals surface area (Å²) in [7, 11) is 0. The quantitative estimate of drug-likeness (QED) is 0.367. The molecule has 0 aromatic heterocycles. The minimum absolute atomic E-state index is 0.390. The highest BCUT2D eigenvalue weighted by molar-refractivity contribution is 7.94. The van der Waals surface area contributed by atoms with Gasteiger partial charge in [-0.1, -0.05) is 36.4 Å². The van der Waals surface area contributed by atoms with Crippen LogP contribution in [0.3, 0.4) is 0 Å². The van der Waals surface area contributed by atoms with E-state index in [9.17, 15) is 14.1 Å². The molecule has 3 aromatic carbocycles. The number of rotatable bonds is 5. The van der Waals surface area contributed by atoms with Crippen LogP contribution in [-0.4, -0.2) is 16.6 Å². The molecular formula is C20H18N4O3S. The molecule has 0 atom stereocenters. The largest absolute Gasteiger partial charge is 0.325 e. The fourth-order valence-corrected chi connectivity index (χ4v) is 2.80. The Morgan fingerprint density at radius 1 is 0.643 bits per heavy atom. The van der Waals surface area contributed by atoms with Gasteiger partial charge >= 0.3 is 12.1 Å². The van der Waals surface area contributed by atoms with E-state index >= 15 is 0 Å². The van der Waals surface area contributed by atoms with E-state index in [1.807, 2.05) is 36.4 Å². The molecule has 8 heteroatoms. The molecule has 28 heavy (non-hydrogen) atoms. The first-order chi connectivity index (χ1) is 13.6. The summed E-state index contributed by atoms with van der Waals surface area (Å²) < 4.78 is 9.53. The molecule has 0 heterocycles. The van der Waals surface area contributed by atoms with Gasteiger partial charge in [0.25, 0.3) is 0 Å². The van der Waals surface area contributed by atoms with Crippen LogP contribution in [-0.2, 0) is 0 Å². The number of para-hydroxylation sites is 2. The molecule has 0 unspecified atom stereocenters. The van der Waals surface area contributed by atoms with Crippen molar-refractivity contribution >= 4 is 46.9 Å². The number of amides is 4. The maximum absolute atomic E-state index is 12.1. The molecule has 4 amide bonds. The van der Waals surface area contributed by atoms with Crippen LogP contribution in [0.25, 0.3) is 0 Å². The number of carbonyl (C=O) groups is 2. The lowest BCUT2D eigenvalue weighted by atomic mass is 10.2. The number of hydrogen-bond acceptors (Lipinski definition) is 4. The third kappa shape index (κ3) is 5.50. The summed E-state index contributed by atoms with van der Waals surface area (Å²) in [6.45, 7) is 0. The Bertz CT molecular complexity index is 952. The Balaban J connectivity index is 1.63. The van der Waals surface area contributed by atoms with Crippen LogP contribution < -0.4 is 21.3 Å². The van der Waals surface area contributed by atoms with E-state index in [1.165, 1.54) is 0 Å². The number of carbonyl (C=O) groups excluding carboxylic acids is 2. The Labute approximate surface area is 166 Å². The summed E-state index contributed by atoms with van der Waals surface area (Å²) in [4.78, 5) is 24.6. The molecule has 0 fully saturated rings. The zero-order valence-corrected chi connectivity index (χ0v) is 15.5. The summed E-state index contributed by atoms with van der Waals surface area (Å²) >= 11 is 0.475. The van der Waals surface area contributed by atoms with E-state index in [0.29, 0.717) is 39.7 Å². The molecule has 3 aromatic rings. The molecule has 3 rings (SSSR count). The lowest BCUT2D eigenvalue weighted by Gasteiger charge is -2.13. The van der Waals surface area contributed by atoms with Crippen LogP contribution in [0.1, 0.15) is 0 Å². The fraction of sp³-hybridized carbons (Fsp3) is 0. The monoisotopic (exact) mass is 394 g/mol. The molecule has 0 bridgehead atoms. The van der Waals surface area contributed by atoms with E-state index in [1.54, 1.807) is 42.5 Å². The molecule has 142 valence electrons. The van der Waals surface area contributed by atoms with Crippen molar-refractivity contribution in [2.75, 3.05) is 21.3 Å². The molecule has 0 radical (unpaired) electrons. The second-order valence-electron chi connectivity index (χ2n) is 5.69. The second-order valence-corrected chi connectivity index (χ2v) is 6.31. The first-order valence-electron chi connectivity index (χ1n) is 8.35. The molecule has 0 aliphatic carbocycles. The smallest absolute Gasteiger partial charge is 0.323 e. The summed E-state index contributed by atoms with van der Waals surface area (Å²) in [6.07, 6.45) is 0. The number of nitrogens with one attached hydrogen (secondary N) is 4. The van der Waals surface area contributed by atoms with Gasteiger partial charge in [-0.05, 0) is 42.5 Å². The van der Waals surface area contributed by atoms with E-state index in [-0.39, 0.29) is 0 Å². The minimum Gasteiger partial charge on any atom is -0.325 e. The normalized spacial score (nSPS) is 10.0. The first kappa shape index (κ1) is 19.3. The van der Waals surface area contributed by atoms with Crippen molar-refractivity contribution in [1.29, 1.82) is 0 Å². The van der Waals surface area contributed by atoms with Gasteiger partial charge in [0.05, 0.1) is 10.6 Å². The summed E-state index contributed by atoms with van der Waals surface area (Å²) in [5.41, 5.74) is 2.19. The Morgan fingerprint density at radius 3 is 1.68 bits per heavy atom. The van der Waals surface area contributed by atoms with Crippen LogP contribution >= 0.6 is 12.0 Å². The summed E-state index contributed by atoms with van der Waals surface area (Å²) in [5.74, 6) is 0. The standard InChI is InChI=1S/C20H18N4O3S/c25-19(21-14-7-3-1-4-8-14)23-16-11-12-17(18(13-16)28-27)24-20(26)22-15-9-5-2-6-10-15/h1-13,27H,(H2,21,23,25)(H2,22,24,26). The molecule has 0 saturated heterocycles. The number of anilines is 4. The van der Waals surface area contributed by atoms with Crippen LogP contribution in [0.4, 0.5) is 32.3 Å². The highest BCUT2D eigenvalue weighted by atomic mass is 32.2. The third-order valence-corrected chi connectivity index (χ3v) is 4.18. The average molecular weight is 394 g/mol. The van der Waals surface area contributed by atoms with Crippen molar-refractivity contribution in [3.05, 3.63) is 78.9 Å². The van der Waals surface area contributed by atoms with Gasteiger partial charge in [0.15, 0.2) is 0 Å². The number of benzene rings is 3. The molecule has 5 N–H and O–H groups in total. The van der Waals surface area contributed by atoms with Gasteiger partial charge in [0, 0.05) is 29.1 Å². The van der Waals surface area contributed by atoms with Crippen LogP contribution in [0, 0.1) is 0 Å². The molecular weight excluding hydrogens is 376 g/mol. The Kier molecular flexibility index (Phi) is 6.50.